The largest absolute Gasteiger partial charge is 0.480 e. The summed E-state index contributed by atoms with van der Waals surface area (Å²) in [5.74, 6) is -3.24. The van der Waals surface area contributed by atoms with Crippen molar-refractivity contribution >= 4 is 34.6 Å². The van der Waals surface area contributed by atoms with Gasteiger partial charge in [0.05, 0.1) is 13.2 Å². The Kier molecular flexibility index (Phi) is 10.5. The SMILES string of the molecule is NCCCCC(NC(=O)C(N)CO)C(=O)NCC(=O)NC(Cc1c[nH]c2ccccc12)C(=O)O. The van der Waals surface area contributed by atoms with Gasteiger partial charge in [-0.25, -0.2) is 4.79 Å². The summed E-state index contributed by atoms with van der Waals surface area (Å²) in [7, 11) is 0. The molecule has 0 spiro atoms. The third-order valence-electron chi connectivity index (χ3n) is 5.27. The lowest BCUT2D eigenvalue weighted by atomic mass is 10.0. The smallest absolute Gasteiger partial charge is 0.326 e. The highest BCUT2D eigenvalue weighted by Gasteiger charge is 2.25. The van der Waals surface area contributed by atoms with E-state index >= 15 is 0 Å². The van der Waals surface area contributed by atoms with Crippen LogP contribution in [-0.2, 0) is 25.6 Å². The Bertz CT molecular complexity index is 993. The number of carboxylic acid groups (broad SMARTS) is 1. The monoisotopic (exact) mass is 476 g/mol. The number of aromatic amines is 1. The maximum absolute atomic E-state index is 12.5. The average molecular weight is 477 g/mol. The molecule has 1 aromatic carbocycles. The predicted molar refractivity (Wildman–Crippen MR) is 124 cm³/mol. The maximum Gasteiger partial charge on any atom is 0.326 e. The van der Waals surface area contributed by atoms with Gasteiger partial charge in [-0.1, -0.05) is 18.2 Å². The standard InChI is InChI=1S/C22H32N6O6/c23-8-4-3-7-17(28-20(31)15(24)12-29)21(32)26-11-19(30)27-18(22(33)34)9-13-10-25-16-6-2-1-5-14(13)16/h1-2,5-6,10,15,17-18,25,29H,3-4,7-9,11-12,23-24H2,(H,26,32)(H,27,30)(H,28,31)(H,33,34). The Hall–Kier alpha value is -3.48. The number of carbonyl (C=O) groups excluding carboxylic acids is 3. The molecule has 10 N–H and O–H groups in total. The summed E-state index contributed by atoms with van der Waals surface area (Å²) in [6, 6.07) is 4.03. The molecule has 1 aromatic heterocycles. The van der Waals surface area contributed by atoms with Crippen molar-refractivity contribution in [2.45, 2.75) is 43.8 Å². The number of fused-ring (bicyclic) bond motifs is 1. The van der Waals surface area contributed by atoms with E-state index in [1.165, 1.54) is 0 Å². The highest BCUT2D eigenvalue weighted by Crippen LogP contribution is 2.19. The maximum atomic E-state index is 12.5. The van der Waals surface area contributed by atoms with Gasteiger partial charge in [0.15, 0.2) is 0 Å². The fraction of sp³-hybridized carbons (Fsp3) is 0.455. The van der Waals surface area contributed by atoms with Gasteiger partial charge in [-0.05, 0) is 37.4 Å². The van der Waals surface area contributed by atoms with Crippen LogP contribution in [0.2, 0.25) is 0 Å². The Labute approximate surface area is 196 Å². The number of para-hydroxylation sites is 1. The van der Waals surface area contributed by atoms with Crippen LogP contribution in [0.5, 0.6) is 0 Å². The molecule has 2 aromatic rings. The molecule has 0 aliphatic rings. The first-order valence-corrected chi connectivity index (χ1v) is 11.0. The van der Waals surface area contributed by atoms with Crippen molar-refractivity contribution in [1.29, 1.82) is 0 Å². The minimum absolute atomic E-state index is 0.0514. The minimum atomic E-state index is -1.21. The molecule has 2 rings (SSSR count). The third-order valence-corrected chi connectivity index (χ3v) is 5.27. The number of rotatable bonds is 14. The number of hydrogen-bond acceptors (Lipinski definition) is 7. The first-order chi connectivity index (χ1) is 16.3. The molecule has 0 bridgehead atoms. The van der Waals surface area contributed by atoms with Gasteiger partial charge < -0.3 is 42.6 Å². The lowest BCUT2D eigenvalue weighted by molar-refractivity contribution is -0.141. The molecular weight excluding hydrogens is 444 g/mol. The number of aliphatic hydroxyl groups excluding tert-OH is 1. The number of amides is 3. The van der Waals surface area contributed by atoms with Crippen LogP contribution in [0, 0.1) is 0 Å². The van der Waals surface area contributed by atoms with Crippen molar-refractivity contribution in [3.8, 4) is 0 Å². The fourth-order valence-electron chi connectivity index (χ4n) is 3.38. The number of aromatic nitrogens is 1. The molecule has 1 heterocycles. The van der Waals surface area contributed by atoms with E-state index in [0.717, 1.165) is 16.5 Å². The number of carboxylic acids is 1. The van der Waals surface area contributed by atoms with E-state index in [2.05, 4.69) is 20.9 Å². The number of unbranched alkanes of at least 4 members (excludes halogenated alkanes) is 1. The topological polar surface area (TPSA) is 213 Å². The second kappa shape index (κ2) is 13.3. The molecule has 186 valence electrons. The molecule has 34 heavy (non-hydrogen) atoms. The van der Waals surface area contributed by atoms with Crippen molar-refractivity contribution in [3.63, 3.8) is 0 Å². The van der Waals surface area contributed by atoms with Gasteiger partial charge in [-0.2, -0.15) is 0 Å². The van der Waals surface area contributed by atoms with Crippen molar-refractivity contribution < 1.29 is 29.4 Å². The summed E-state index contributed by atoms with van der Waals surface area (Å²) in [4.78, 5) is 51.6. The molecule has 3 unspecified atom stereocenters. The number of aliphatic hydroxyl groups is 1. The Morgan fingerprint density at radius 3 is 2.44 bits per heavy atom. The van der Waals surface area contributed by atoms with E-state index in [-0.39, 0.29) is 12.8 Å². The number of hydrogen-bond donors (Lipinski definition) is 8. The molecule has 0 aliphatic carbocycles. The van der Waals surface area contributed by atoms with Crippen LogP contribution in [0.4, 0.5) is 0 Å². The van der Waals surface area contributed by atoms with Gasteiger partial charge in [0.25, 0.3) is 0 Å². The van der Waals surface area contributed by atoms with Crippen LogP contribution in [0.15, 0.2) is 30.5 Å². The number of benzene rings is 1. The van der Waals surface area contributed by atoms with E-state index in [0.29, 0.717) is 19.4 Å². The molecule has 0 fully saturated rings. The van der Waals surface area contributed by atoms with E-state index in [9.17, 15) is 24.3 Å². The summed E-state index contributed by atoms with van der Waals surface area (Å²) < 4.78 is 0. The lowest BCUT2D eigenvalue weighted by Gasteiger charge is -2.20. The molecular formula is C22H32N6O6. The summed E-state index contributed by atoms with van der Waals surface area (Å²) in [6.07, 6.45) is 3.17. The predicted octanol–water partition coefficient (Wildman–Crippen LogP) is -1.67. The van der Waals surface area contributed by atoms with Crippen LogP contribution in [-0.4, -0.2) is 76.7 Å². The quantitative estimate of drug-likeness (QED) is 0.147. The van der Waals surface area contributed by atoms with Crippen molar-refractivity contribution in [3.05, 3.63) is 36.0 Å². The van der Waals surface area contributed by atoms with Crippen molar-refractivity contribution in [1.82, 2.24) is 20.9 Å². The van der Waals surface area contributed by atoms with Gasteiger partial charge in [-0.3, -0.25) is 14.4 Å². The number of H-pyrrole nitrogens is 1. The molecule has 12 nitrogen and oxygen atoms in total. The van der Waals surface area contributed by atoms with Gasteiger partial charge in [0.1, 0.15) is 18.1 Å². The summed E-state index contributed by atoms with van der Waals surface area (Å²) in [5.41, 5.74) is 12.5. The van der Waals surface area contributed by atoms with Crippen LogP contribution in [0.3, 0.4) is 0 Å². The zero-order valence-electron chi connectivity index (χ0n) is 18.8. The molecule has 3 atom stereocenters. The van der Waals surface area contributed by atoms with Gasteiger partial charge in [0, 0.05) is 23.5 Å². The Balaban J connectivity index is 1.95. The first-order valence-electron chi connectivity index (χ1n) is 11.0. The van der Waals surface area contributed by atoms with Crippen LogP contribution in [0.25, 0.3) is 10.9 Å². The second-order valence-electron chi connectivity index (χ2n) is 7.87. The molecule has 0 saturated heterocycles. The molecule has 0 aliphatic heterocycles. The summed E-state index contributed by atoms with van der Waals surface area (Å²) in [5, 5.41) is 26.7. The van der Waals surface area contributed by atoms with Gasteiger partial charge in [0.2, 0.25) is 17.7 Å². The number of aliphatic carboxylic acids is 1. The Morgan fingerprint density at radius 2 is 1.76 bits per heavy atom. The van der Waals surface area contributed by atoms with Gasteiger partial charge >= 0.3 is 5.97 Å². The van der Waals surface area contributed by atoms with Crippen LogP contribution in [0.1, 0.15) is 24.8 Å². The zero-order valence-corrected chi connectivity index (χ0v) is 18.8. The van der Waals surface area contributed by atoms with E-state index in [1.54, 1.807) is 6.20 Å². The van der Waals surface area contributed by atoms with Crippen LogP contribution >= 0.6 is 0 Å². The first kappa shape index (κ1) is 26.8. The van der Waals surface area contributed by atoms with E-state index in [1.807, 2.05) is 24.3 Å². The normalized spacial score (nSPS) is 13.6. The third kappa shape index (κ3) is 7.83. The van der Waals surface area contributed by atoms with E-state index in [4.69, 9.17) is 16.6 Å². The zero-order chi connectivity index (χ0) is 25.1. The summed E-state index contributed by atoms with van der Waals surface area (Å²) >= 11 is 0. The number of carbonyl (C=O) groups is 4. The number of nitrogens with two attached hydrogens (primary N) is 2. The van der Waals surface area contributed by atoms with Crippen LogP contribution < -0.4 is 27.4 Å². The lowest BCUT2D eigenvalue weighted by Crippen LogP contribution is -2.54. The van der Waals surface area contributed by atoms with Crippen molar-refractivity contribution in [2.24, 2.45) is 11.5 Å². The fourth-order valence-corrected chi connectivity index (χ4v) is 3.38. The Morgan fingerprint density at radius 1 is 1.03 bits per heavy atom. The highest BCUT2D eigenvalue weighted by molar-refractivity contribution is 5.93. The highest BCUT2D eigenvalue weighted by atomic mass is 16.4. The number of nitrogens with one attached hydrogen (secondary N) is 4. The molecule has 0 saturated carbocycles. The minimum Gasteiger partial charge on any atom is -0.480 e. The molecule has 12 heteroatoms. The second-order valence-corrected chi connectivity index (χ2v) is 7.87. The van der Waals surface area contributed by atoms with E-state index < -0.39 is 55.0 Å². The summed E-state index contributed by atoms with van der Waals surface area (Å²) in [6.45, 7) is -0.655. The molecule has 3 amide bonds. The average Bonchev–Trinajstić information content (AvgIpc) is 3.23. The van der Waals surface area contributed by atoms with Crippen molar-refractivity contribution in [2.75, 3.05) is 19.7 Å². The van der Waals surface area contributed by atoms with Gasteiger partial charge in [-0.15, -0.1) is 0 Å². The molecule has 0 radical (unpaired) electrons.